The zero-order chi connectivity index (χ0) is 20.2. The van der Waals surface area contributed by atoms with E-state index in [4.69, 9.17) is 10.5 Å². The molecule has 1 fully saturated rings. The monoisotopic (exact) mass is 377 g/mol. The van der Waals surface area contributed by atoms with Gasteiger partial charge < -0.3 is 25.8 Å². The van der Waals surface area contributed by atoms with Crippen LogP contribution in [0.15, 0.2) is 24.3 Å². The molecule has 1 aliphatic heterocycles. The SMILES string of the molecule is CC(C)(C)OC(=O)N[C@@H](Cc1ccc(O)cc1)C(=O)N1CCC[C@H]1C(N)=O. The van der Waals surface area contributed by atoms with Crippen molar-refractivity contribution in [1.82, 2.24) is 10.2 Å². The van der Waals surface area contributed by atoms with Crippen LogP contribution in [0.5, 0.6) is 5.75 Å². The van der Waals surface area contributed by atoms with Gasteiger partial charge in [-0.3, -0.25) is 9.59 Å². The zero-order valence-corrected chi connectivity index (χ0v) is 15.9. The van der Waals surface area contributed by atoms with Crippen molar-refractivity contribution in [1.29, 1.82) is 0 Å². The molecular formula is C19H27N3O5. The van der Waals surface area contributed by atoms with Gasteiger partial charge >= 0.3 is 6.09 Å². The number of likely N-dealkylation sites (tertiary alicyclic amines) is 1. The number of nitrogens with two attached hydrogens (primary N) is 1. The molecule has 2 atom stereocenters. The molecule has 3 amide bonds. The predicted molar refractivity (Wildman–Crippen MR) is 98.9 cm³/mol. The molecule has 4 N–H and O–H groups in total. The van der Waals surface area contributed by atoms with Crippen molar-refractivity contribution in [3.8, 4) is 5.75 Å². The van der Waals surface area contributed by atoms with E-state index in [-0.39, 0.29) is 18.1 Å². The second kappa shape index (κ2) is 8.28. The minimum Gasteiger partial charge on any atom is -0.508 e. The van der Waals surface area contributed by atoms with Crippen molar-refractivity contribution in [2.24, 2.45) is 5.73 Å². The van der Waals surface area contributed by atoms with Crippen molar-refractivity contribution >= 4 is 17.9 Å². The van der Waals surface area contributed by atoms with E-state index in [0.717, 1.165) is 5.56 Å². The van der Waals surface area contributed by atoms with Crippen LogP contribution in [-0.2, 0) is 20.7 Å². The number of phenolic OH excluding ortho intramolecular Hbond substituents is 1. The molecule has 8 heteroatoms. The molecule has 2 rings (SSSR count). The maximum absolute atomic E-state index is 13.0. The van der Waals surface area contributed by atoms with Gasteiger partial charge in [-0.2, -0.15) is 0 Å². The van der Waals surface area contributed by atoms with Crippen LogP contribution in [0.4, 0.5) is 4.79 Å². The van der Waals surface area contributed by atoms with E-state index < -0.39 is 29.7 Å². The van der Waals surface area contributed by atoms with Gasteiger partial charge in [-0.25, -0.2) is 4.79 Å². The minimum atomic E-state index is -0.913. The largest absolute Gasteiger partial charge is 0.508 e. The van der Waals surface area contributed by atoms with Gasteiger partial charge in [-0.15, -0.1) is 0 Å². The van der Waals surface area contributed by atoms with Gasteiger partial charge in [0.2, 0.25) is 11.8 Å². The summed E-state index contributed by atoms with van der Waals surface area (Å²) in [7, 11) is 0. The Morgan fingerprint density at radius 3 is 2.48 bits per heavy atom. The van der Waals surface area contributed by atoms with E-state index in [1.54, 1.807) is 32.9 Å². The van der Waals surface area contributed by atoms with Crippen LogP contribution in [0.25, 0.3) is 0 Å². The third-order valence-corrected chi connectivity index (χ3v) is 4.23. The number of hydrogen-bond donors (Lipinski definition) is 3. The quantitative estimate of drug-likeness (QED) is 0.714. The Kier molecular flexibility index (Phi) is 6.30. The van der Waals surface area contributed by atoms with Gasteiger partial charge in [0.15, 0.2) is 0 Å². The molecule has 0 aromatic heterocycles. The lowest BCUT2D eigenvalue weighted by atomic mass is 10.0. The maximum atomic E-state index is 13.0. The predicted octanol–water partition coefficient (Wildman–Crippen LogP) is 1.30. The van der Waals surface area contributed by atoms with Crippen molar-refractivity contribution in [3.63, 3.8) is 0 Å². The summed E-state index contributed by atoms with van der Waals surface area (Å²) in [4.78, 5) is 38.3. The van der Waals surface area contributed by atoms with Crippen molar-refractivity contribution in [2.75, 3.05) is 6.54 Å². The van der Waals surface area contributed by atoms with Crippen LogP contribution in [0.3, 0.4) is 0 Å². The molecular weight excluding hydrogens is 350 g/mol. The fourth-order valence-corrected chi connectivity index (χ4v) is 3.04. The molecule has 27 heavy (non-hydrogen) atoms. The number of alkyl carbamates (subject to hydrolysis) is 1. The average Bonchev–Trinajstić information content (AvgIpc) is 3.03. The first-order valence-corrected chi connectivity index (χ1v) is 8.94. The first-order valence-electron chi connectivity index (χ1n) is 8.94. The number of rotatable bonds is 5. The minimum absolute atomic E-state index is 0.107. The Hall–Kier alpha value is -2.77. The first kappa shape index (κ1) is 20.5. The topological polar surface area (TPSA) is 122 Å². The van der Waals surface area contributed by atoms with Crippen LogP contribution < -0.4 is 11.1 Å². The first-order chi connectivity index (χ1) is 12.6. The highest BCUT2D eigenvalue weighted by Gasteiger charge is 2.37. The lowest BCUT2D eigenvalue weighted by Gasteiger charge is -2.29. The van der Waals surface area contributed by atoms with E-state index >= 15 is 0 Å². The molecule has 0 radical (unpaired) electrons. The Labute approximate surface area is 158 Å². The second-order valence-corrected chi connectivity index (χ2v) is 7.66. The highest BCUT2D eigenvalue weighted by molar-refractivity contribution is 5.91. The molecule has 0 unspecified atom stereocenters. The number of amides is 3. The maximum Gasteiger partial charge on any atom is 0.408 e. The fourth-order valence-electron chi connectivity index (χ4n) is 3.04. The molecule has 8 nitrogen and oxygen atoms in total. The van der Waals surface area contributed by atoms with Crippen molar-refractivity contribution < 1.29 is 24.2 Å². The smallest absolute Gasteiger partial charge is 0.408 e. The highest BCUT2D eigenvalue weighted by atomic mass is 16.6. The van der Waals surface area contributed by atoms with E-state index in [0.29, 0.717) is 19.4 Å². The van der Waals surface area contributed by atoms with Crippen LogP contribution in [0.2, 0.25) is 0 Å². The third kappa shape index (κ3) is 5.87. The van der Waals surface area contributed by atoms with Gasteiger partial charge in [0, 0.05) is 13.0 Å². The number of ether oxygens (including phenoxy) is 1. The lowest BCUT2D eigenvalue weighted by Crippen LogP contribution is -2.54. The van der Waals surface area contributed by atoms with Crippen molar-refractivity contribution in [3.05, 3.63) is 29.8 Å². The molecule has 0 saturated carbocycles. The van der Waals surface area contributed by atoms with E-state index in [1.165, 1.54) is 17.0 Å². The number of phenols is 1. The molecule has 1 heterocycles. The van der Waals surface area contributed by atoms with Crippen LogP contribution in [0, 0.1) is 0 Å². The molecule has 1 aliphatic rings. The van der Waals surface area contributed by atoms with E-state index in [1.807, 2.05) is 0 Å². The second-order valence-electron chi connectivity index (χ2n) is 7.66. The number of aromatic hydroxyl groups is 1. The van der Waals surface area contributed by atoms with Gasteiger partial charge in [0.25, 0.3) is 0 Å². The van der Waals surface area contributed by atoms with Gasteiger partial charge in [0.05, 0.1) is 0 Å². The lowest BCUT2D eigenvalue weighted by molar-refractivity contribution is -0.139. The number of nitrogens with one attached hydrogen (secondary N) is 1. The summed E-state index contributed by atoms with van der Waals surface area (Å²) in [6, 6.07) is 4.77. The summed E-state index contributed by atoms with van der Waals surface area (Å²) in [5, 5.41) is 12.0. The Morgan fingerprint density at radius 2 is 1.93 bits per heavy atom. The average molecular weight is 377 g/mol. The highest BCUT2D eigenvalue weighted by Crippen LogP contribution is 2.20. The normalized spacial score (nSPS) is 18.0. The molecule has 1 aromatic rings. The third-order valence-electron chi connectivity index (χ3n) is 4.23. The summed E-state index contributed by atoms with van der Waals surface area (Å²) in [5.74, 6) is -0.827. The molecule has 0 spiro atoms. The van der Waals surface area contributed by atoms with E-state index in [9.17, 15) is 19.5 Å². The molecule has 1 aromatic carbocycles. The summed E-state index contributed by atoms with van der Waals surface area (Å²) < 4.78 is 5.26. The Bertz CT molecular complexity index is 696. The summed E-state index contributed by atoms with van der Waals surface area (Å²) in [6.45, 7) is 5.60. The van der Waals surface area contributed by atoms with E-state index in [2.05, 4.69) is 5.32 Å². The molecule has 0 aliphatic carbocycles. The van der Waals surface area contributed by atoms with Crippen LogP contribution in [0.1, 0.15) is 39.2 Å². The number of benzene rings is 1. The number of nitrogens with zero attached hydrogens (tertiary/aromatic N) is 1. The Morgan fingerprint density at radius 1 is 1.30 bits per heavy atom. The summed E-state index contributed by atoms with van der Waals surface area (Å²) in [5.41, 5.74) is 5.45. The van der Waals surface area contributed by atoms with Gasteiger partial charge in [-0.1, -0.05) is 12.1 Å². The summed E-state index contributed by atoms with van der Waals surface area (Å²) in [6.07, 6.45) is 0.673. The molecule has 1 saturated heterocycles. The standard InChI is InChI=1S/C19H27N3O5/c1-19(2,3)27-18(26)21-14(11-12-6-8-13(23)9-7-12)17(25)22-10-4-5-15(22)16(20)24/h6-9,14-15,23H,4-5,10-11H2,1-3H3,(H2,20,24)(H,21,26)/t14-,15-/m0/s1. The van der Waals surface area contributed by atoms with Crippen molar-refractivity contribution in [2.45, 2.75) is 57.7 Å². The Balaban J connectivity index is 2.19. The van der Waals surface area contributed by atoms with Crippen LogP contribution in [-0.4, -0.2) is 52.1 Å². The number of carbonyl (C=O) groups is 3. The summed E-state index contributed by atoms with van der Waals surface area (Å²) >= 11 is 0. The number of hydrogen-bond acceptors (Lipinski definition) is 5. The van der Waals surface area contributed by atoms with Gasteiger partial charge in [0.1, 0.15) is 23.4 Å². The fraction of sp³-hybridized carbons (Fsp3) is 0.526. The molecule has 148 valence electrons. The number of primary amides is 1. The number of carbonyl (C=O) groups excluding carboxylic acids is 3. The molecule has 0 bridgehead atoms. The van der Waals surface area contributed by atoms with Crippen LogP contribution >= 0.6 is 0 Å². The zero-order valence-electron chi connectivity index (χ0n) is 15.9. The van der Waals surface area contributed by atoms with Gasteiger partial charge in [-0.05, 0) is 51.3 Å².